The van der Waals surface area contributed by atoms with E-state index >= 15 is 0 Å². The van der Waals surface area contributed by atoms with Crippen LogP contribution in [0.2, 0.25) is 0 Å². The summed E-state index contributed by atoms with van der Waals surface area (Å²) in [6, 6.07) is 3.68. The van der Waals surface area contributed by atoms with Crippen LogP contribution in [-0.4, -0.2) is 19.2 Å². The lowest BCUT2D eigenvalue weighted by Gasteiger charge is -1.91. The number of carbonyl (C=O) groups excluding carboxylic acids is 1. The molecule has 1 amide bonds. The summed E-state index contributed by atoms with van der Waals surface area (Å²) < 4.78 is 0.890. The molecular formula is C8H8N2OS2. The molecule has 0 saturated heterocycles. The van der Waals surface area contributed by atoms with Crippen molar-refractivity contribution in [3.05, 3.63) is 16.5 Å². The van der Waals surface area contributed by atoms with Crippen LogP contribution >= 0.6 is 23.1 Å². The zero-order valence-electron chi connectivity index (χ0n) is 7.25. The topological polar surface area (TPSA) is 52.9 Å². The van der Waals surface area contributed by atoms with Crippen molar-refractivity contribution >= 4 is 29.0 Å². The number of thiophene rings is 1. The number of hydrogen-bond donors (Lipinski definition) is 1. The van der Waals surface area contributed by atoms with Gasteiger partial charge in [0, 0.05) is 7.05 Å². The smallest absolute Gasteiger partial charge is 0.261 e. The fraction of sp³-hybridized carbons (Fsp3) is 0.250. The maximum absolute atomic E-state index is 11.2. The molecule has 0 atom stereocenters. The van der Waals surface area contributed by atoms with E-state index in [1.165, 1.54) is 23.1 Å². The number of thioether (sulfide) groups is 1. The van der Waals surface area contributed by atoms with Crippen molar-refractivity contribution in [3.8, 4) is 6.07 Å². The van der Waals surface area contributed by atoms with E-state index in [0.717, 1.165) is 4.21 Å². The standard InChI is InChI=1S/C8H8N2OS2/c1-10-7(11)6-3-5(4-9)8(12-2)13-6/h3H,1-2H3,(H,10,11). The van der Waals surface area contributed by atoms with Crippen LogP contribution in [0.4, 0.5) is 0 Å². The number of nitrogens with zero attached hydrogens (tertiary/aromatic N) is 1. The molecule has 68 valence electrons. The van der Waals surface area contributed by atoms with Crippen molar-refractivity contribution in [1.82, 2.24) is 5.32 Å². The molecule has 1 N–H and O–H groups in total. The summed E-state index contributed by atoms with van der Waals surface area (Å²) in [7, 11) is 1.58. The van der Waals surface area contributed by atoms with E-state index in [2.05, 4.69) is 11.4 Å². The number of nitriles is 1. The lowest BCUT2D eigenvalue weighted by molar-refractivity contribution is 0.0967. The summed E-state index contributed by atoms with van der Waals surface area (Å²) in [5.41, 5.74) is 0.580. The quantitative estimate of drug-likeness (QED) is 0.759. The van der Waals surface area contributed by atoms with Gasteiger partial charge in [-0.1, -0.05) is 0 Å². The van der Waals surface area contributed by atoms with Crippen molar-refractivity contribution in [1.29, 1.82) is 5.26 Å². The van der Waals surface area contributed by atoms with E-state index in [9.17, 15) is 4.79 Å². The number of hydrogen-bond acceptors (Lipinski definition) is 4. The second kappa shape index (κ2) is 4.30. The molecule has 0 fully saturated rings. The molecule has 0 aliphatic heterocycles. The molecule has 0 spiro atoms. The van der Waals surface area contributed by atoms with Crippen LogP contribution in [0.3, 0.4) is 0 Å². The minimum atomic E-state index is -0.137. The average Bonchev–Trinajstić information content (AvgIpc) is 2.59. The summed E-state index contributed by atoms with van der Waals surface area (Å²) >= 11 is 2.83. The molecule has 0 aliphatic carbocycles. The van der Waals surface area contributed by atoms with Gasteiger partial charge in [0.05, 0.1) is 14.6 Å². The molecule has 0 unspecified atom stereocenters. The van der Waals surface area contributed by atoms with Gasteiger partial charge in [0.1, 0.15) is 6.07 Å². The predicted octanol–water partition coefficient (Wildman–Crippen LogP) is 1.70. The average molecular weight is 212 g/mol. The molecule has 13 heavy (non-hydrogen) atoms. The van der Waals surface area contributed by atoms with Crippen molar-refractivity contribution in [2.45, 2.75) is 4.21 Å². The highest BCUT2D eigenvalue weighted by Crippen LogP contribution is 2.29. The van der Waals surface area contributed by atoms with Gasteiger partial charge < -0.3 is 5.32 Å². The fourth-order valence-corrected chi connectivity index (χ4v) is 2.55. The second-order valence-corrected chi connectivity index (χ2v) is 4.33. The lowest BCUT2D eigenvalue weighted by atomic mass is 10.3. The van der Waals surface area contributed by atoms with E-state index in [-0.39, 0.29) is 5.91 Å². The first kappa shape index (κ1) is 10.1. The van der Waals surface area contributed by atoms with E-state index in [4.69, 9.17) is 5.26 Å². The maximum atomic E-state index is 11.2. The Balaban J connectivity index is 3.08. The summed E-state index contributed by atoms with van der Waals surface area (Å²) in [5, 5.41) is 11.3. The lowest BCUT2D eigenvalue weighted by Crippen LogP contribution is -2.16. The van der Waals surface area contributed by atoms with E-state index < -0.39 is 0 Å². The first-order valence-electron chi connectivity index (χ1n) is 3.53. The van der Waals surface area contributed by atoms with E-state index in [1.807, 2.05) is 6.26 Å². The number of rotatable bonds is 2. The third-order valence-electron chi connectivity index (χ3n) is 1.45. The van der Waals surface area contributed by atoms with Crippen molar-refractivity contribution < 1.29 is 4.79 Å². The molecule has 1 aromatic rings. The molecule has 0 aliphatic rings. The minimum Gasteiger partial charge on any atom is -0.354 e. The molecular weight excluding hydrogens is 204 g/mol. The van der Waals surface area contributed by atoms with Gasteiger partial charge in [0.15, 0.2) is 0 Å². The summed E-state index contributed by atoms with van der Waals surface area (Å²) in [6.07, 6.45) is 1.89. The SMILES string of the molecule is CNC(=O)c1cc(C#N)c(SC)s1. The van der Waals surface area contributed by atoms with Gasteiger partial charge in [-0.3, -0.25) is 4.79 Å². The highest BCUT2D eigenvalue weighted by atomic mass is 32.2. The van der Waals surface area contributed by atoms with Crippen LogP contribution < -0.4 is 5.32 Å². The fourth-order valence-electron chi connectivity index (χ4n) is 0.839. The van der Waals surface area contributed by atoms with Crippen molar-refractivity contribution in [2.24, 2.45) is 0 Å². The summed E-state index contributed by atoms with van der Waals surface area (Å²) in [5.74, 6) is -0.137. The Labute approximate surface area is 84.8 Å². The number of amides is 1. The van der Waals surface area contributed by atoms with E-state index in [1.54, 1.807) is 13.1 Å². The van der Waals surface area contributed by atoms with E-state index in [0.29, 0.717) is 10.4 Å². The third-order valence-corrected chi connectivity index (χ3v) is 3.72. The largest absolute Gasteiger partial charge is 0.354 e. The molecule has 1 aromatic heterocycles. The van der Waals surface area contributed by atoms with Gasteiger partial charge in [0.2, 0.25) is 0 Å². The van der Waals surface area contributed by atoms with Crippen LogP contribution in [0.1, 0.15) is 15.2 Å². The Morgan fingerprint density at radius 1 is 1.77 bits per heavy atom. The van der Waals surface area contributed by atoms with Crippen LogP contribution in [0.5, 0.6) is 0 Å². The molecule has 0 aromatic carbocycles. The zero-order chi connectivity index (χ0) is 9.84. The highest BCUT2D eigenvalue weighted by molar-refractivity contribution is 8.00. The molecule has 0 bridgehead atoms. The highest BCUT2D eigenvalue weighted by Gasteiger charge is 2.12. The van der Waals surface area contributed by atoms with Gasteiger partial charge in [0.25, 0.3) is 5.91 Å². The molecule has 1 heterocycles. The molecule has 0 saturated carbocycles. The first-order chi connectivity index (χ1) is 6.22. The Kier molecular flexibility index (Phi) is 3.34. The molecule has 0 radical (unpaired) electrons. The van der Waals surface area contributed by atoms with Gasteiger partial charge in [-0.15, -0.1) is 23.1 Å². The minimum absolute atomic E-state index is 0.137. The molecule has 3 nitrogen and oxygen atoms in total. The Hall–Kier alpha value is -0.990. The predicted molar refractivity (Wildman–Crippen MR) is 54.2 cm³/mol. The summed E-state index contributed by atoms with van der Waals surface area (Å²) in [4.78, 5) is 11.8. The van der Waals surface area contributed by atoms with Gasteiger partial charge >= 0.3 is 0 Å². The van der Waals surface area contributed by atoms with Crippen molar-refractivity contribution in [2.75, 3.05) is 13.3 Å². The number of nitrogens with one attached hydrogen (secondary N) is 1. The van der Waals surface area contributed by atoms with Crippen LogP contribution in [0.15, 0.2) is 10.3 Å². The maximum Gasteiger partial charge on any atom is 0.261 e. The Bertz CT molecular complexity index is 365. The van der Waals surface area contributed by atoms with Gasteiger partial charge in [-0.2, -0.15) is 5.26 Å². The summed E-state index contributed by atoms with van der Waals surface area (Å²) in [6.45, 7) is 0. The third kappa shape index (κ3) is 2.02. The second-order valence-electron chi connectivity index (χ2n) is 2.21. The Morgan fingerprint density at radius 3 is 2.85 bits per heavy atom. The normalized spacial score (nSPS) is 9.31. The van der Waals surface area contributed by atoms with Gasteiger partial charge in [-0.05, 0) is 12.3 Å². The molecule has 5 heteroatoms. The van der Waals surface area contributed by atoms with Crippen LogP contribution in [0, 0.1) is 11.3 Å². The van der Waals surface area contributed by atoms with Crippen LogP contribution in [0.25, 0.3) is 0 Å². The monoisotopic (exact) mass is 212 g/mol. The van der Waals surface area contributed by atoms with Gasteiger partial charge in [-0.25, -0.2) is 0 Å². The zero-order valence-corrected chi connectivity index (χ0v) is 8.88. The first-order valence-corrected chi connectivity index (χ1v) is 5.57. The Morgan fingerprint density at radius 2 is 2.46 bits per heavy atom. The molecule has 1 rings (SSSR count). The van der Waals surface area contributed by atoms with Crippen LogP contribution in [-0.2, 0) is 0 Å². The number of carbonyl (C=O) groups is 1. The van der Waals surface area contributed by atoms with Crippen molar-refractivity contribution in [3.63, 3.8) is 0 Å².